The summed E-state index contributed by atoms with van der Waals surface area (Å²) in [6, 6.07) is 17.0. The van der Waals surface area contributed by atoms with E-state index in [1.54, 1.807) is 18.2 Å². The normalized spacial score (nSPS) is 14.5. The Morgan fingerprint density at radius 1 is 1.05 bits per heavy atom. The fourth-order valence-electron chi connectivity index (χ4n) is 4.21. The molecule has 198 valence electrons. The number of anilines is 1. The Hall–Kier alpha value is -3.56. The topological polar surface area (TPSA) is 72.8 Å². The van der Waals surface area contributed by atoms with Crippen LogP contribution in [0.15, 0.2) is 59.5 Å². The third kappa shape index (κ3) is 5.95. The molecule has 1 aliphatic heterocycles. The zero-order chi connectivity index (χ0) is 27.4. The number of rotatable bonds is 9. The molecule has 4 rings (SSSR count). The van der Waals surface area contributed by atoms with Gasteiger partial charge in [-0.15, -0.1) is 0 Å². The lowest BCUT2D eigenvalue weighted by Crippen LogP contribution is -2.39. The van der Waals surface area contributed by atoms with Crippen LogP contribution in [0.2, 0.25) is 0 Å². The van der Waals surface area contributed by atoms with Crippen LogP contribution in [-0.4, -0.2) is 34.0 Å². The van der Waals surface area contributed by atoms with E-state index in [-0.39, 0.29) is 24.3 Å². The number of amides is 2. The molecule has 2 aromatic carbocycles. The van der Waals surface area contributed by atoms with Gasteiger partial charge in [-0.1, -0.05) is 49.9 Å². The molecule has 3 aromatic rings. The Kier molecular flexibility index (Phi) is 8.58. The summed E-state index contributed by atoms with van der Waals surface area (Å²) >= 11 is 6.77. The summed E-state index contributed by atoms with van der Waals surface area (Å²) in [6.45, 7) is 10.2. The van der Waals surface area contributed by atoms with E-state index in [9.17, 15) is 9.59 Å². The maximum Gasteiger partial charge on any atom is 0.285 e. The molecule has 1 aromatic heterocycles. The highest BCUT2D eigenvalue weighted by Gasteiger charge is 2.34. The van der Waals surface area contributed by atoms with Crippen LogP contribution in [-0.2, 0) is 9.59 Å². The molecular weight excluding hydrogens is 518 g/mol. The molecule has 9 heteroatoms. The molecule has 0 saturated carbocycles. The lowest BCUT2D eigenvalue weighted by Gasteiger charge is -2.20. The number of benzene rings is 2. The first kappa shape index (κ1) is 27.5. The Labute approximate surface area is 232 Å². The number of aryl methyl sites for hydroxylation is 2. The first-order valence-corrected chi connectivity index (χ1v) is 13.6. The van der Waals surface area contributed by atoms with Crippen LogP contribution >= 0.6 is 24.0 Å². The zero-order valence-corrected chi connectivity index (χ0v) is 23.7. The first-order valence-electron chi connectivity index (χ1n) is 12.4. The van der Waals surface area contributed by atoms with E-state index in [1.807, 2.05) is 67.9 Å². The van der Waals surface area contributed by atoms with Crippen molar-refractivity contribution >= 4 is 51.9 Å². The molecule has 1 fully saturated rings. The van der Waals surface area contributed by atoms with Gasteiger partial charge in [0.25, 0.3) is 11.8 Å². The summed E-state index contributed by atoms with van der Waals surface area (Å²) in [6.07, 6.45) is 1.79. The SMILES string of the molecule is CCOc1cc(/C=C2/SC(=S)N(n3c(C)ccc3C)C2=O)ccc1OCC(=O)Nc1ccccc1C(C)C. The van der Waals surface area contributed by atoms with E-state index in [2.05, 4.69) is 19.2 Å². The van der Waals surface area contributed by atoms with Crippen LogP contribution in [0.25, 0.3) is 6.08 Å². The molecule has 1 N–H and O–H groups in total. The molecule has 0 radical (unpaired) electrons. The number of hydrogen-bond donors (Lipinski definition) is 1. The van der Waals surface area contributed by atoms with Crippen molar-refractivity contribution in [2.24, 2.45) is 0 Å². The highest BCUT2D eigenvalue weighted by molar-refractivity contribution is 8.27. The Morgan fingerprint density at radius 2 is 1.76 bits per heavy atom. The highest BCUT2D eigenvalue weighted by Crippen LogP contribution is 2.35. The Morgan fingerprint density at radius 3 is 2.45 bits per heavy atom. The standard InChI is InChI=1S/C29H31N3O4S2/c1-6-35-25-15-21(16-26-28(34)32(29(37)38-26)31-19(4)11-12-20(31)5)13-14-24(25)36-17-27(33)30-23-10-8-7-9-22(23)18(2)3/h7-16,18H,6,17H2,1-5H3,(H,30,33)/b26-16+. The van der Waals surface area contributed by atoms with E-state index in [4.69, 9.17) is 21.7 Å². The van der Waals surface area contributed by atoms with E-state index in [1.165, 1.54) is 16.8 Å². The maximum atomic E-state index is 13.2. The number of carbonyl (C=O) groups is 2. The molecule has 0 unspecified atom stereocenters. The Bertz CT molecular complexity index is 1390. The third-order valence-corrected chi connectivity index (χ3v) is 7.27. The van der Waals surface area contributed by atoms with Crippen molar-refractivity contribution in [3.05, 3.63) is 82.0 Å². The number of hydrogen-bond acceptors (Lipinski definition) is 6. The van der Waals surface area contributed by atoms with Crippen molar-refractivity contribution in [1.82, 2.24) is 4.68 Å². The van der Waals surface area contributed by atoms with Crippen molar-refractivity contribution in [3.8, 4) is 11.5 Å². The maximum absolute atomic E-state index is 13.2. The second kappa shape index (κ2) is 11.9. The largest absolute Gasteiger partial charge is 0.490 e. The van der Waals surface area contributed by atoms with Gasteiger partial charge in [0, 0.05) is 17.1 Å². The number of aromatic nitrogens is 1. The summed E-state index contributed by atoms with van der Waals surface area (Å²) in [5.41, 5.74) is 4.46. The summed E-state index contributed by atoms with van der Waals surface area (Å²) in [5.74, 6) is 0.774. The van der Waals surface area contributed by atoms with Gasteiger partial charge in [0.15, 0.2) is 22.4 Å². The average molecular weight is 550 g/mol. The number of nitrogens with zero attached hydrogens (tertiary/aromatic N) is 2. The van der Waals surface area contributed by atoms with Gasteiger partial charge < -0.3 is 14.8 Å². The second-order valence-electron chi connectivity index (χ2n) is 9.14. The molecule has 1 saturated heterocycles. The van der Waals surface area contributed by atoms with Gasteiger partial charge in [-0.25, -0.2) is 0 Å². The zero-order valence-electron chi connectivity index (χ0n) is 22.1. The Balaban J connectivity index is 1.49. The van der Waals surface area contributed by atoms with Crippen LogP contribution in [0.3, 0.4) is 0 Å². The predicted molar refractivity (Wildman–Crippen MR) is 158 cm³/mol. The summed E-state index contributed by atoms with van der Waals surface area (Å²) in [4.78, 5) is 26.4. The molecule has 2 heterocycles. The molecule has 0 aliphatic carbocycles. The van der Waals surface area contributed by atoms with Crippen LogP contribution in [0.5, 0.6) is 11.5 Å². The molecule has 0 atom stereocenters. The second-order valence-corrected chi connectivity index (χ2v) is 10.8. The quantitative estimate of drug-likeness (QED) is 0.254. The fourth-order valence-corrected chi connectivity index (χ4v) is 5.45. The molecule has 0 spiro atoms. The van der Waals surface area contributed by atoms with Crippen molar-refractivity contribution < 1.29 is 19.1 Å². The van der Waals surface area contributed by atoms with Crippen molar-refractivity contribution in [2.75, 3.05) is 23.5 Å². The number of nitrogens with one attached hydrogen (secondary N) is 1. The smallest absolute Gasteiger partial charge is 0.285 e. The predicted octanol–water partition coefficient (Wildman–Crippen LogP) is 6.18. The van der Waals surface area contributed by atoms with Gasteiger partial charge in [-0.05, 0) is 86.4 Å². The number of ether oxygens (including phenoxy) is 2. The summed E-state index contributed by atoms with van der Waals surface area (Å²) in [5, 5.41) is 4.45. The minimum Gasteiger partial charge on any atom is -0.490 e. The van der Waals surface area contributed by atoms with Gasteiger partial charge in [-0.3, -0.25) is 14.3 Å². The lowest BCUT2D eigenvalue weighted by molar-refractivity contribution is -0.118. The fraction of sp³-hybridized carbons (Fsp3) is 0.276. The van der Waals surface area contributed by atoms with E-state index < -0.39 is 0 Å². The number of thiocarbonyl (C=S) groups is 1. The monoisotopic (exact) mass is 549 g/mol. The molecule has 2 amide bonds. The highest BCUT2D eigenvalue weighted by atomic mass is 32.2. The number of carbonyl (C=O) groups excluding carboxylic acids is 2. The lowest BCUT2D eigenvalue weighted by atomic mass is 10.0. The van der Waals surface area contributed by atoms with E-state index in [0.29, 0.717) is 27.3 Å². The van der Waals surface area contributed by atoms with Crippen LogP contribution < -0.4 is 19.8 Å². The van der Waals surface area contributed by atoms with E-state index >= 15 is 0 Å². The molecule has 38 heavy (non-hydrogen) atoms. The minimum atomic E-state index is -0.260. The van der Waals surface area contributed by atoms with Gasteiger partial charge >= 0.3 is 0 Å². The van der Waals surface area contributed by atoms with Crippen LogP contribution in [0.1, 0.15) is 49.2 Å². The van der Waals surface area contributed by atoms with Crippen molar-refractivity contribution in [1.29, 1.82) is 0 Å². The van der Waals surface area contributed by atoms with Crippen LogP contribution in [0.4, 0.5) is 5.69 Å². The molecular formula is C29H31N3O4S2. The minimum absolute atomic E-state index is 0.167. The third-order valence-electron chi connectivity index (χ3n) is 5.99. The number of para-hydroxylation sites is 1. The average Bonchev–Trinajstić information content (AvgIpc) is 3.34. The first-order chi connectivity index (χ1) is 18.2. The molecule has 1 aliphatic rings. The van der Waals surface area contributed by atoms with Gasteiger partial charge in [0.1, 0.15) is 0 Å². The van der Waals surface area contributed by atoms with E-state index in [0.717, 1.165) is 28.2 Å². The van der Waals surface area contributed by atoms with Gasteiger partial charge in [0.2, 0.25) is 0 Å². The summed E-state index contributed by atoms with van der Waals surface area (Å²) < 4.78 is 13.9. The van der Waals surface area contributed by atoms with Gasteiger partial charge in [-0.2, -0.15) is 5.01 Å². The van der Waals surface area contributed by atoms with Crippen molar-refractivity contribution in [2.45, 2.75) is 40.5 Å². The van der Waals surface area contributed by atoms with Crippen molar-refractivity contribution in [3.63, 3.8) is 0 Å². The number of thioether (sulfide) groups is 1. The summed E-state index contributed by atoms with van der Waals surface area (Å²) in [7, 11) is 0. The molecule has 0 bridgehead atoms. The molecule has 7 nitrogen and oxygen atoms in total. The van der Waals surface area contributed by atoms with Gasteiger partial charge in [0.05, 0.1) is 11.5 Å². The van der Waals surface area contributed by atoms with Crippen LogP contribution in [0, 0.1) is 13.8 Å².